The maximum Gasteiger partial charge on any atom is 0.0446 e. The molecule has 0 radical (unpaired) electrons. The molecule has 0 aliphatic carbocycles. The van der Waals surface area contributed by atoms with Gasteiger partial charge < -0.3 is 4.90 Å². The van der Waals surface area contributed by atoms with Crippen LogP contribution in [0.1, 0.15) is 29.2 Å². The lowest BCUT2D eigenvalue weighted by Crippen LogP contribution is -2.27. The molecule has 1 heteroatoms. The Morgan fingerprint density at radius 1 is 1.06 bits per heavy atom. The normalized spacial score (nSPS) is 18.8. The number of hydrogen-bond donors (Lipinski definition) is 0. The molecule has 1 unspecified atom stereocenters. The SMILES string of the molecule is Cc1cc(C)c(CN2C=CC=CC2C)c(C)c1. The molecule has 2 rings (SSSR count). The number of nitrogens with zero attached hydrogens (tertiary/aromatic N) is 1. The minimum Gasteiger partial charge on any atom is -0.367 e. The van der Waals surface area contributed by atoms with Gasteiger partial charge in [-0.05, 0) is 56.7 Å². The fraction of sp³-hybridized carbons (Fsp3) is 0.375. The van der Waals surface area contributed by atoms with Crippen LogP contribution in [-0.2, 0) is 6.54 Å². The zero-order valence-corrected chi connectivity index (χ0v) is 11.2. The molecule has 0 aromatic heterocycles. The molecule has 0 bridgehead atoms. The topological polar surface area (TPSA) is 3.24 Å². The molecule has 1 aromatic carbocycles. The van der Waals surface area contributed by atoms with Crippen molar-refractivity contribution >= 4 is 0 Å². The predicted octanol–water partition coefficient (Wildman–Crippen LogP) is 3.89. The van der Waals surface area contributed by atoms with E-state index in [-0.39, 0.29) is 0 Å². The van der Waals surface area contributed by atoms with Crippen molar-refractivity contribution in [3.63, 3.8) is 0 Å². The number of allylic oxidation sites excluding steroid dienone is 2. The van der Waals surface area contributed by atoms with E-state index in [0.29, 0.717) is 6.04 Å². The van der Waals surface area contributed by atoms with Gasteiger partial charge in [0, 0.05) is 12.6 Å². The van der Waals surface area contributed by atoms with Crippen LogP contribution >= 0.6 is 0 Å². The summed E-state index contributed by atoms with van der Waals surface area (Å²) in [5.41, 5.74) is 5.61. The van der Waals surface area contributed by atoms with E-state index in [1.807, 2.05) is 0 Å². The lowest BCUT2D eigenvalue weighted by Gasteiger charge is -2.29. The third-order valence-corrected chi connectivity index (χ3v) is 3.48. The maximum atomic E-state index is 2.38. The summed E-state index contributed by atoms with van der Waals surface area (Å²) in [5.74, 6) is 0. The zero-order chi connectivity index (χ0) is 12.4. The lowest BCUT2D eigenvalue weighted by molar-refractivity contribution is 0.324. The molecule has 1 atom stereocenters. The average molecular weight is 227 g/mol. The standard InChI is InChI=1S/C16H21N/c1-12-9-13(2)16(14(3)10-12)11-17-8-6-5-7-15(17)4/h5-10,15H,11H2,1-4H3. The van der Waals surface area contributed by atoms with Crippen LogP contribution in [0.25, 0.3) is 0 Å². The molecule has 1 aliphatic heterocycles. The molecule has 17 heavy (non-hydrogen) atoms. The second-order valence-electron chi connectivity index (χ2n) is 5.02. The molecule has 0 fully saturated rings. The summed E-state index contributed by atoms with van der Waals surface area (Å²) in [7, 11) is 0. The Labute approximate surface area is 104 Å². The van der Waals surface area contributed by atoms with Gasteiger partial charge in [0.2, 0.25) is 0 Å². The van der Waals surface area contributed by atoms with E-state index in [4.69, 9.17) is 0 Å². The Hall–Kier alpha value is -1.50. The number of aryl methyl sites for hydroxylation is 3. The first-order chi connectivity index (χ1) is 8.08. The Bertz CT molecular complexity index is 445. The minimum absolute atomic E-state index is 0.486. The first-order valence-corrected chi connectivity index (χ1v) is 6.25. The summed E-state index contributed by atoms with van der Waals surface area (Å²) in [6, 6.07) is 5.03. The van der Waals surface area contributed by atoms with Crippen LogP contribution in [0.15, 0.2) is 36.6 Å². The van der Waals surface area contributed by atoms with Crippen molar-refractivity contribution < 1.29 is 0 Å². The highest BCUT2D eigenvalue weighted by atomic mass is 15.1. The summed E-state index contributed by atoms with van der Waals surface area (Å²) < 4.78 is 0. The van der Waals surface area contributed by atoms with E-state index in [1.165, 1.54) is 22.3 Å². The van der Waals surface area contributed by atoms with Gasteiger partial charge in [-0.2, -0.15) is 0 Å². The average Bonchev–Trinajstić information content (AvgIpc) is 2.25. The number of rotatable bonds is 2. The Morgan fingerprint density at radius 2 is 1.71 bits per heavy atom. The van der Waals surface area contributed by atoms with E-state index in [0.717, 1.165) is 6.54 Å². The van der Waals surface area contributed by atoms with Crippen molar-refractivity contribution in [1.82, 2.24) is 4.90 Å². The fourth-order valence-corrected chi connectivity index (χ4v) is 2.47. The molecular weight excluding hydrogens is 206 g/mol. The van der Waals surface area contributed by atoms with Gasteiger partial charge in [-0.25, -0.2) is 0 Å². The molecule has 0 amide bonds. The predicted molar refractivity (Wildman–Crippen MR) is 73.9 cm³/mol. The van der Waals surface area contributed by atoms with Gasteiger partial charge in [-0.15, -0.1) is 0 Å². The third kappa shape index (κ3) is 2.60. The first-order valence-electron chi connectivity index (χ1n) is 6.25. The summed E-state index contributed by atoms with van der Waals surface area (Å²) >= 11 is 0. The fourth-order valence-electron chi connectivity index (χ4n) is 2.47. The summed E-state index contributed by atoms with van der Waals surface area (Å²) in [6.07, 6.45) is 8.65. The quantitative estimate of drug-likeness (QED) is 0.741. The molecule has 1 aromatic rings. The van der Waals surface area contributed by atoms with E-state index in [1.54, 1.807) is 0 Å². The molecular formula is C16H21N. The molecule has 1 aliphatic rings. The van der Waals surface area contributed by atoms with Crippen molar-refractivity contribution in [3.8, 4) is 0 Å². The van der Waals surface area contributed by atoms with Crippen LogP contribution in [0.3, 0.4) is 0 Å². The number of benzene rings is 1. The number of hydrogen-bond acceptors (Lipinski definition) is 1. The second-order valence-corrected chi connectivity index (χ2v) is 5.02. The Morgan fingerprint density at radius 3 is 2.29 bits per heavy atom. The van der Waals surface area contributed by atoms with Crippen LogP contribution in [-0.4, -0.2) is 10.9 Å². The van der Waals surface area contributed by atoms with Crippen molar-refractivity contribution in [2.45, 2.75) is 40.3 Å². The smallest absolute Gasteiger partial charge is 0.0446 e. The van der Waals surface area contributed by atoms with Crippen LogP contribution in [0, 0.1) is 20.8 Å². The summed E-state index contributed by atoms with van der Waals surface area (Å²) in [4.78, 5) is 2.38. The van der Waals surface area contributed by atoms with Crippen molar-refractivity contribution in [2.24, 2.45) is 0 Å². The van der Waals surface area contributed by atoms with Crippen LogP contribution < -0.4 is 0 Å². The largest absolute Gasteiger partial charge is 0.367 e. The van der Waals surface area contributed by atoms with Crippen molar-refractivity contribution in [3.05, 3.63) is 58.8 Å². The third-order valence-electron chi connectivity index (χ3n) is 3.48. The maximum absolute atomic E-state index is 2.38. The highest BCUT2D eigenvalue weighted by Gasteiger charge is 2.12. The van der Waals surface area contributed by atoms with E-state index < -0.39 is 0 Å². The van der Waals surface area contributed by atoms with Crippen LogP contribution in [0.4, 0.5) is 0 Å². The van der Waals surface area contributed by atoms with Crippen molar-refractivity contribution in [2.75, 3.05) is 0 Å². The van der Waals surface area contributed by atoms with Gasteiger partial charge >= 0.3 is 0 Å². The molecule has 1 heterocycles. The van der Waals surface area contributed by atoms with Gasteiger partial charge in [0.15, 0.2) is 0 Å². The van der Waals surface area contributed by atoms with Gasteiger partial charge in [-0.1, -0.05) is 29.8 Å². The van der Waals surface area contributed by atoms with Gasteiger partial charge in [0.1, 0.15) is 0 Å². The van der Waals surface area contributed by atoms with Gasteiger partial charge in [0.05, 0.1) is 0 Å². The highest BCUT2D eigenvalue weighted by Crippen LogP contribution is 2.20. The van der Waals surface area contributed by atoms with Crippen LogP contribution in [0.5, 0.6) is 0 Å². The second kappa shape index (κ2) is 4.79. The Balaban J connectivity index is 2.24. The monoisotopic (exact) mass is 227 g/mol. The molecule has 0 saturated carbocycles. The Kier molecular flexibility index (Phi) is 3.37. The summed E-state index contributed by atoms with van der Waals surface area (Å²) in [5, 5.41) is 0. The van der Waals surface area contributed by atoms with E-state index >= 15 is 0 Å². The van der Waals surface area contributed by atoms with E-state index in [2.05, 4.69) is 69.2 Å². The van der Waals surface area contributed by atoms with Crippen LogP contribution in [0.2, 0.25) is 0 Å². The molecule has 0 N–H and O–H groups in total. The molecule has 0 saturated heterocycles. The van der Waals surface area contributed by atoms with Gasteiger partial charge in [-0.3, -0.25) is 0 Å². The zero-order valence-electron chi connectivity index (χ0n) is 11.2. The van der Waals surface area contributed by atoms with E-state index in [9.17, 15) is 0 Å². The lowest BCUT2D eigenvalue weighted by atomic mass is 9.99. The highest BCUT2D eigenvalue weighted by molar-refractivity contribution is 5.37. The summed E-state index contributed by atoms with van der Waals surface area (Å²) in [6.45, 7) is 9.82. The van der Waals surface area contributed by atoms with Crippen molar-refractivity contribution in [1.29, 1.82) is 0 Å². The first kappa shape index (κ1) is 12.0. The molecule has 1 nitrogen and oxygen atoms in total. The minimum atomic E-state index is 0.486. The molecule has 0 spiro atoms. The van der Waals surface area contributed by atoms with Gasteiger partial charge in [0.25, 0.3) is 0 Å². The molecule has 90 valence electrons.